The van der Waals surface area contributed by atoms with Gasteiger partial charge in [-0.05, 0) is 36.0 Å². The molecule has 1 aromatic carbocycles. The van der Waals surface area contributed by atoms with E-state index in [9.17, 15) is 8.42 Å². The Bertz CT molecular complexity index is 588. The van der Waals surface area contributed by atoms with Gasteiger partial charge in [-0.3, -0.25) is 0 Å². The maximum Gasteiger partial charge on any atom is 0.243 e. The molecule has 20 heavy (non-hydrogen) atoms. The van der Waals surface area contributed by atoms with E-state index in [4.69, 9.17) is 0 Å². The Labute approximate surface area is 122 Å². The molecule has 1 aliphatic heterocycles. The number of rotatable bonds is 3. The highest BCUT2D eigenvalue weighted by molar-refractivity contribution is 7.89. The van der Waals surface area contributed by atoms with Crippen LogP contribution in [0.2, 0.25) is 0 Å². The van der Waals surface area contributed by atoms with Crippen molar-refractivity contribution >= 4 is 15.7 Å². The molecule has 0 amide bonds. The highest BCUT2D eigenvalue weighted by Crippen LogP contribution is 2.30. The van der Waals surface area contributed by atoms with Crippen LogP contribution >= 0.6 is 0 Å². The zero-order chi connectivity index (χ0) is 15.0. The summed E-state index contributed by atoms with van der Waals surface area (Å²) < 4.78 is 27.0. The number of anilines is 1. The topological polar surface area (TPSA) is 49.4 Å². The van der Waals surface area contributed by atoms with Crippen LogP contribution < -0.4 is 5.32 Å². The van der Waals surface area contributed by atoms with Crippen molar-refractivity contribution in [3.63, 3.8) is 0 Å². The van der Waals surface area contributed by atoms with Crippen molar-refractivity contribution in [3.05, 3.63) is 23.8 Å². The summed E-state index contributed by atoms with van der Waals surface area (Å²) in [5.41, 5.74) is 1.83. The van der Waals surface area contributed by atoms with E-state index in [1.807, 2.05) is 32.9 Å². The SMILES string of the molecule is CN(CC(C)(C)C)S(=O)(=O)c1cccc2c1CCCN2. The molecule has 0 radical (unpaired) electrons. The largest absolute Gasteiger partial charge is 0.385 e. The predicted molar refractivity (Wildman–Crippen MR) is 82.5 cm³/mol. The minimum atomic E-state index is -3.42. The van der Waals surface area contributed by atoms with Crippen molar-refractivity contribution in [2.24, 2.45) is 5.41 Å². The molecule has 1 aromatic rings. The van der Waals surface area contributed by atoms with Crippen molar-refractivity contribution < 1.29 is 8.42 Å². The van der Waals surface area contributed by atoms with Gasteiger partial charge >= 0.3 is 0 Å². The van der Waals surface area contributed by atoms with E-state index < -0.39 is 10.0 Å². The zero-order valence-corrected chi connectivity index (χ0v) is 13.5. The number of hydrogen-bond acceptors (Lipinski definition) is 3. The summed E-state index contributed by atoms with van der Waals surface area (Å²) in [5, 5.41) is 3.28. The highest BCUT2D eigenvalue weighted by atomic mass is 32.2. The molecular weight excluding hydrogens is 272 g/mol. The smallest absolute Gasteiger partial charge is 0.243 e. The molecule has 5 heteroatoms. The number of nitrogens with zero attached hydrogens (tertiary/aromatic N) is 1. The molecule has 4 nitrogen and oxygen atoms in total. The lowest BCUT2D eigenvalue weighted by Crippen LogP contribution is -2.35. The van der Waals surface area contributed by atoms with E-state index in [1.54, 1.807) is 13.1 Å². The van der Waals surface area contributed by atoms with Crippen molar-refractivity contribution in [2.75, 3.05) is 25.5 Å². The second-order valence-electron chi connectivity index (χ2n) is 6.63. The maximum absolute atomic E-state index is 12.8. The van der Waals surface area contributed by atoms with E-state index in [0.29, 0.717) is 11.4 Å². The summed E-state index contributed by atoms with van der Waals surface area (Å²) in [6.45, 7) is 7.55. The second-order valence-corrected chi connectivity index (χ2v) is 8.65. The minimum Gasteiger partial charge on any atom is -0.385 e. The summed E-state index contributed by atoms with van der Waals surface area (Å²) in [6, 6.07) is 5.49. The van der Waals surface area contributed by atoms with E-state index in [-0.39, 0.29) is 5.41 Å². The molecule has 2 rings (SSSR count). The average Bonchev–Trinajstić information content (AvgIpc) is 2.36. The van der Waals surface area contributed by atoms with Crippen molar-refractivity contribution in [1.29, 1.82) is 0 Å². The molecule has 0 bridgehead atoms. The molecule has 0 spiro atoms. The molecule has 0 atom stereocenters. The van der Waals surface area contributed by atoms with Crippen LogP contribution in [-0.2, 0) is 16.4 Å². The van der Waals surface area contributed by atoms with E-state index in [0.717, 1.165) is 30.6 Å². The quantitative estimate of drug-likeness (QED) is 0.933. The Morgan fingerprint density at radius 3 is 2.65 bits per heavy atom. The number of sulfonamides is 1. The lowest BCUT2D eigenvalue weighted by molar-refractivity contribution is 0.310. The third kappa shape index (κ3) is 3.15. The van der Waals surface area contributed by atoms with Gasteiger partial charge in [-0.25, -0.2) is 12.7 Å². The molecule has 112 valence electrons. The molecule has 0 aromatic heterocycles. The van der Waals surface area contributed by atoms with Crippen LogP contribution in [0, 0.1) is 5.41 Å². The fourth-order valence-electron chi connectivity index (χ4n) is 2.64. The summed E-state index contributed by atoms with van der Waals surface area (Å²) >= 11 is 0. The number of hydrogen-bond donors (Lipinski definition) is 1. The van der Waals surface area contributed by atoms with Gasteiger partial charge in [-0.1, -0.05) is 26.8 Å². The lowest BCUT2D eigenvalue weighted by Gasteiger charge is -2.28. The van der Waals surface area contributed by atoms with Gasteiger partial charge in [-0.2, -0.15) is 0 Å². The van der Waals surface area contributed by atoms with Gasteiger partial charge in [0, 0.05) is 25.8 Å². The van der Waals surface area contributed by atoms with E-state index in [1.165, 1.54) is 4.31 Å². The first kappa shape index (κ1) is 15.3. The Kier molecular flexibility index (Phi) is 4.12. The summed E-state index contributed by atoms with van der Waals surface area (Å²) in [7, 11) is -1.76. The van der Waals surface area contributed by atoms with Crippen LogP contribution in [0.25, 0.3) is 0 Å². The lowest BCUT2D eigenvalue weighted by atomic mass is 9.97. The Morgan fingerprint density at radius 1 is 1.30 bits per heavy atom. The van der Waals surface area contributed by atoms with Crippen molar-refractivity contribution in [3.8, 4) is 0 Å². The summed E-state index contributed by atoms with van der Waals surface area (Å²) in [4.78, 5) is 0.453. The van der Waals surface area contributed by atoms with Crippen LogP contribution in [0.3, 0.4) is 0 Å². The van der Waals surface area contributed by atoms with Crippen LogP contribution in [0.5, 0.6) is 0 Å². The third-order valence-electron chi connectivity index (χ3n) is 3.44. The van der Waals surface area contributed by atoms with Gasteiger partial charge < -0.3 is 5.32 Å². The number of nitrogens with one attached hydrogen (secondary N) is 1. The minimum absolute atomic E-state index is 0.0606. The van der Waals surface area contributed by atoms with Crippen LogP contribution in [0.15, 0.2) is 23.1 Å². The van der Waals surface area contributed by atoms with Crippen molar-refractivity contribution in [2.45, 2.75) is 38.5 Å². The molecule has 0 aliphatic carbocycles. The summed E-state index contributed by atoms with van der Waals surface area (Å²) in [5.74, 6) is 0. The predicted octanol–water partition coefficient (Wildman–Crippen LogP) is 2.71. The molecular formula is C15H24N2O2S. The fourth-order valence-corrected chi connectivity index (χ4v) is 4.31. The standard InChI is InChI=1S/C15H24N2O2S/c1-15(2,3)11-17(4)20(18,19)14-9-5-8-13-12(14)7-6-10-16-13/h5,8-9,16H,6-7,10-11H2,1-4H3. The van der Waals surface area contributed by atoms with E-state index >= 15 is 0 Å². The molecule has 0 saturated heterocycles. The third-order valence-corrected chi connectivity index (χ3v) is 5.33. The molecule has 1 heterocycles. The zero-order valence-electron chi connectivity index (χ0n) is 12.7. The van der Waals surface area contributed by atoms with Gasteiger partial charge in [0.25, 0.3) is 0 Å². The van der Waals surface area contributed by atoms with Crippen LogP contribution in [0.1, 0.15) is 32.8 Å². The molecule has 0 unspecified atom stereocenters. The van der Waals surface area contributed by atoms with E-state index in [2.05, 4.69) is 5.32 Å². The summed E-state index contributed by atoms with van der Waals surface area (Å²) in [6.07, 6.45) is 1.80. The first-order valence-corrected chi connectivity index (χ1v) is 8.48. The normalized spacial score (nSPS) is 15.8. The van der Waals surface area contributed by atoms with Crippen LogP contribution in [-0.4, -0.2) is 32.9 Å². The monoisotopic (exact) mass is 296 g/mol. The average molecular weight is 296 g/mol. The van der Waals surface area contributed by atoms with Gasteiger partial charge in [-0.15, -0.1) is 0 Å². The van der Waals surface area contributed by atoms with Gasteiger partial charge in [0.15, 0.2) is 0 Å². The van der Waals surface area contributed by atoms with Gasteiger partial charge in [0.05, 0.1) is 4.90 Å². The second kappa shape index (κ2) is 5.37. The van der Waals surface area contributed by atoms with Gasteiger partial charge in [0.1, 0.15) is 0 Å². The maximum atomic E-state index is 12.8. The van der Waals surface area contributed by atoms with Crippen molar-refractivity contribution in [1.82, 2.24) is 4.31 Å². The number of benzene rings is 1. The molecule has 0 fully saturated rings. The first-order valence-electron chi connectivity index (χ1n) is 7.04. The molecule has 1 N–H and O–H groups in total. The Hall–Kier alpha value is -1.07. The Balaban J connectivity index is 2.40. The highest BCUT2D eigenvalue weighted by Gasteiger charge is 2.28. The van der Waals surface area contributed by atoms with Gasteiger partial charge in [0.2, 0.25) is 10.0 Å². The van der Waals surface area contributed by atoms with Crippen LogP contribution in [0.4, 0.5) is 5.69 Å². The molecule has 1 aliphatic rings. The molecule has 0 saturated carbocycles. The first-order chi connectivity index (χ1) is 9.22. The fraction of sp³-hybridized carbons (Fsp3) is 0.600. The Morgan fingerprint density at radius 2 is 2.00 bits per heavy atom. The number of fused-ring (bicyclic) bond motifs is 1.